The van der Waals surface area contributed by atoms with Gasteiger partial charge in [-0.1, -0.05) is 59.6 Å². The highest BCUT2D eigenvalue weighted by Crippen LogP contribution is 2.33. The lowest BCUT2D eigenvalue weighted by Crippen LogP contribution is -2.48. The van der Waals surface area contributed by atoms with Gasteiger partial charge in [-0.15, -0.1) is 0 Å². The first-order valence-corrected chi connectivity index (χ1v) is 17.7. The number of benzene rings is 4. The zero-order valence-electron chi connectivity index (χ0n) is 28.1. The Kier molecular flexibility index (Phi) is 10.7. The van der Waals surface area contributed by atoms with Crippen LogP contribution in [-0.4, -0.2) is 65.5 Å². The molecule has 52 heavy (non-hydrogen) atoms. The highest BCUT2D eigenvalue weighted by molar-refractivity contribution is 6.42. The molecule has 1 saturated heterocycles. The van der Waals surface area contributed by atoms with E-state index in [1.807, 2.05) is 47.4 Å². The molecule has 3 heterocycles. The van der Waals surface area contributed by atoms with E-state index in [1.165, 1.54) is 17.2 Å². The molecule has 0 radical (unpaired) electrons. The molecule has 1 fully saturated rings. The molecule has 10 nitrogen and oxygen atoms in total. The number of hydrogen-bond acceptors (Lipinski definition) is 7. The Bertz CT molecular complexity index is 2070. The molecular weight excluding hydrogens is 701 g/mol. The van der Waals surface area contributed by atoms with Crippen molar-refractivity contribution < 1.29 is 23.9 Å². The number of aromatic nitrogens is 1. The summed E-state index contributed by atoms with van der Waals surface area (Å²) in [7, 11) is 0. The molecule has 1 aromatic heterocycles. The molecule has 2 aliphatic heterocycles. The average Bonchev–Trinajstić information content (AvgIpc) is 3.65. The molecule has 5 aromatic rings. The van der Waals surface area contributed by atoms with Crippen molar-refractivity contribution in [3.05, 3.63) is 142 Å². The summed E-state index contributed by atoms with van der Waals surface area (Å²) in [5.41, 5.74) is 4.04. The second kappa shape index (κ2) is 15.9. The number of rotatable bonds is 10. The number of carbonyl (C=O) groups is 3. The van der Waals surface area contributed by atoms with Gasteiger partial charge in [-0.2, -0.15) is 0 Å². The number of hydrogen-bond donors (Lipinski definition) is 1. The molecule has 2 aliphatic rings. The van der Waals surface area contributed by atoms with Gasteiger partial charge in [0.25, 0.3) is 11.8 Å². The summed E-state index contributed by atoms with van der Waals surface area (Å²) in [5.74, 6) is 1.43. The molecule has 0 unspecified atom stereocenters. The smallest absolute Gasteiger partial charge is 0.264 e. The average molecular weight is 737 g/mol. The first kappa shape index (κ1) is 35.0. The van der Waals surface area contributed by atoms with Crippen molar-refractivity contribution in [3.8, 4) is 11.5 Å². The molecule has 1 N–H and O–H groups in total. The SMILES string of the molecule is O=C(Nc1ccc(N(C(=O)c2ccccc2)c2ccc(CCC(=O)N3CCN(Cc4ccc5c(c4)OCO5)CC3)cc2)nc1)c1ccc(Cl)c(Cl)c1. The van der Waals surface area contributed by atoms with Crippen LogP contribution in [0.25, 0.3) is 0 Å². The van der Waals surface area contributed by atoms with Crippen LogP contribution in [0.5, 0.6) is 11.5 Å². The molecule has 3 amide bonds. The van der Waals surface area contributed by atoms with E-state index in [0.717, 1.165) is 42.3 Å². The number of ether oxygens (including phenoxy) is 2. The third-order valence-corrected chi connectivity index (χ3v) is 9.77. The number of pyridine rings is 1. The summed E-state index contributed by atoms with van der Waals surface area (Å²) in [6.45, 7) is 4.03. The number of carbonyl (C=O) groups excluding carboxylic acids is 3. The van der Waals surface area contributed by atoms with Crippen LogP contribution in [0.2, 0.25) is 10.0 Å². The quantitative estimate of drug-likeness (QED) is 0.157. The number of piperazine rings is 1. The monoisotopic (exact) mass is 735 g/mol. The summed E-state index contributed by atoms with van der Waals surface area (Å²) in [6.07, 6.45) is 2.47. The van der Waals surface area contributed by atoms with Crippen LogP contribution in [0.4, 0.5) is 17.2 Å². The van der Waals surface area contributed by atoms with E-state index in [0.29, 0.717) is 59.3 Å². The Morgan fingerprint density at radius 3 is 2.23 bits per heavy atom. The Balaban J connectivity index is 0.970. The van der Waals surface area contributed by atoms with Crippen molar-refractivity contribution in [3.63, 3.8) is 0 Å². The Labute approximate surface area is 311 Å². The third-order valence-electron chi connectivity index (χ3n) is 9.03. The van der Waals surface area contributed by atoms with E-state index in [9.17, 15) is 14.4 Å². The molecule has 0 saturated carbocycles. The first-order chi connectivity index (χ1) is 25.3. The van der Waals surface area contributed by atoms with Crippen molar-refractivity contribution in [2.75, 3.05) is 43.2 Å². The lowest BCUT2D eigenvalue weighted by Gasteiger charge is -2.35. The summed E-state index contributed by atoms with van der Waals surface area (Å²) in [5, 5.41) is 3.43. The van der Waals surface area contributed by atoms with Gasteiger partial charge in [0.05, 0.1) is 27.6 Å². The van der Waals surface area contributed by atoms with Crippen molar-refractivity contribution in [1.82, 2.24) is 14.8 Å². The first-order valence-electron chi connectivity index (χ1n) is 16.9. The predicted octanol–water partition coefficient (Wildman–Crippen LogP) is 7.62. The minimum absolute atomic E-state index is 0.128. The molecule has 7 rings (SSSR count). The van der Waals surface area contributed by atoms with E-state index >= 15 is 0 Å². The molecule has 0 atom stereocenters. The zero-order valence-corrected chi connectivity index (χ0v) is 29.6. The fraction of sp³-hybridized carbons (Fsp3) is 0.200. The van der Waals surface area contributed by atoms with Crippen molar-refractivity contribution in [2.24, 2.45) is 0 Å². The van der Waals surface area contributed by atoms with E-state index in [2.05, 4.69) is 21.3 Å². The van der Waals surface area contributed by atoms with Gasteiger partial charge in [0, 0.05) is 50.3 Å². The van der Waals surface area contributed by atoms with Crippen molar-refractivity contribution in [2.45, 2.75) is 19.4 Å². The van der Waals surface area contributed by atoms with Gasteiger partial charge < -0.3 is 19.7 Å². The summed E-state index contributed by atoms with van der Waals surface area (Å²) >= 11 is 12.1. The number of nitrogens with zero attached hydrogens (tertiary/aromatic N) is 4. The second-order valence-corrected chi connectivity index (χ2v) is 13.3. The highest BCUT2D eigenvalue weighted by Gasteiger charge is 2.24. The van der Waals surface area contributed by atoms with Gasteiger partial charge in [-0.3, -0.25) is 24.2 Å². The zero-order chi connectivity index (χ0) is 36.0. The molecule has 12 heteroatoms. The number of anilines is 3. The normalized spacial score (nSPS) is 13.8. The lowest BCUT2D eigenvalue weighted by molar-refractivity contribution is -0.133. The van der Waals surface area contributed by atoms with Gasteiger partial charge in [0.15, 0.2) is 11.5 Å². The number of nitrogens with one attached hydrogen (secondary N) is 1. The lowest BCUT2D eigenvalue weighted by atomic mass is 10.1. The third kappa shape index (κ3) is 8.21. The summed E-state index contributed by atoms with van der Waals surface area (Å²) in [6, 6.07) is 30.6. The maximum absolute atomic E-state index is 13.8. The summed E-state index contributed by atoms with van der Waals surface area (Å²) < 4.78 is 10.9. The molecular formula is C40H35Cl2N5O5. The maximum atomic E-state index is 13.8. The fourth-order valence-electron chi connectivity index (χ4n) is 6.17. The van der Waals surface area contributed by atoms with Gasteiger partial charge in [0.1, 0.15) is 5.82 Å². The van der Waals surface area contributed by atoms with Gasteiger partial charge >= 0.3 is 0 Å². The van der Waals surface area contributed by atoms with Crippen LogP contribution in [-0.2, 0) is 17.8 Å². The number of aryl methyl sites for hydroxylation is 1. The highest BCUT2D eigenvalue weighted by atomic mass is 35.5. The van der Waals surface area contributed by atoms with Gasteiger partial charge in [0.2, 0.25) is 12.7 Å². The minimum Gasteiger partial charge on any atom is -0.454 e. The number of fused-ring (bicyclic) bond motifs is 1. The van der Waals surface area contributed by atoms with Crippen LogP contribution in [0.3, 0.4) is 0 Å². The van der Waals surface area contributed by atoms with E-state index in [-0.39, 0.29) is 29.5 Å². The van der Waals surface area contributed by atoms with Crippen molar-refractivity contribution >= 4 is 58.1 Å². The largest absolute Gasteiger partial charge is 0.454 e. The van der Waals surface area contributed by atoms with Crippen LogP contribution >= 0.6 is 23.2 Å². The predicted molar refractivity (Wildman–Crippen MR) is 201 cm³/mol. The van der Waals surface area contributed by atoms with E-state index in [4.69, 9.17) is 32.7 Å². The molecule has 0 bridgehead atoms. The standard InChI is InChI=1S/C40H35Cl2N5O5/c41-33-14-10-30(23-34(33)42)39(49)44-31-11-16-37(43-24-31)47(40(50)29-4-2-1-3-5-29)32-12-6-27(7-13-32)9-17-38(48)46-20-18-45(19-21-46)25-28-8-15-35-36(22-28)52-26-51-35/h1-8,10-16,22-24H,9,17-21,25-26H2,(H,44,49). The van der Waals surface area contributed by atoms with Crippen molar-refractivity contribution in [1.29, 1.82) is 0 Å². The second-order valence-electron chi connectivity index (χ2n) is 12.5. The Morgan fingerprint density at radius 2 is 1.50 bits per heavy atom. The van der Waals surface area contributed by atoms with E-state index in [1.54, 1.807) is 48.5 Å². The van der Waals surface area contributed by atoms with E-state index < -0.39 is 0 Å². The molecule has 4 aromatic carbocycles. The maximum Gasteiger partial charge on any atom is 0.264 e. The van der Waals surface area contributed by atoms with Crippen LogP contribution in [0.15, 0.2) is 109 Å². The molecule has 0 aliphatic carbocycles. The number of amides is 3. The van der Waals surface area contributed by atoms with Crippen LogP contribution < -0.4 is 19.7 Å². The van der Waals surface area contributed by atoms with Gasteiger partial charge in [-0.05, 0) is 84.3 Å². The fourth-order valence-corrected chi connectivity index (χ4v) is 6.47. The Hall–Kier alpha value is -5.42. The minimum atomic E-state index is -0.376. The van der Waals surface area contributed by atoms with Crippen LogP contribution in [0, 0.1) is 0 Å². The topological polar surface area (TPSA) is 104 Å². The molecule has 264 valence electrons. The Morgan fingerprint density at radius 1 is 0.750 bits per heavy atom. The van der Waals surface area contributed by atoms with Gasteiger partial charge in [-0.25, -0.2) is 4.98 Å². The number of halogens is 2. The van der Waals surface area contributed by atoms with Crippen LogP contribution in [0.1, 0.15) is 38.3 Å². The summed E-state index contributed by atoms with van der Waals surface area (Å²) in [4.78, 5) is 50.1. The molecule has 0 spiro atoms.